The smallest absolute Gasteiger partial charge is 0.338 e. The van der Waals surface area contributed by atoms with Gasteiger partial charge in [-0.05, 0) is 36.8 Å². The molecule has 1 N–H and O–H groups in total. The van der Waals surface area contributed by atoms with Gasteiger partial charge in [-0.15, -0.1) is 0 Å². The third-order valence-corrected chi connectivity index (χ3v) is 3.51. The largest absolute Gasteiger partial charge is 0.454 e. The molecule has 124 valence electrons. The summed E-state index contributed by atoms with van der Waals surface area (Å²) in [5.74, 6) is 0.468. The van der Waals surface area contributed by atoms with Crippen molar-refractivity contribution in [2.24, 2.45) is 0 Å². The van der Waals surface area contributed by atoms with E-state index in [4.69, 9.17) is 14.2 Å². The van der Waals surface area contributed by atoms with Gasteiger partial charge >= 0.3 is 5.97 Å². The summed E-state index contributed by atoms with van der Waals surface area (Å²) in [4.78, 5) is 23.7. The topological polar surface area (TPSA) is 73.9 Å². The molecule has 0 saturated heterocycles. The Morgan fingerprint density at radius 2 is 1.96 bits per heavy atom. The van der Waals surface area contributed by atoms with E-state index in [1.54, 1.807) is 30.3 Å². The molecule has 1 heterocycles. The van der Waals surface area contributed by atoms with Crippen LogP contribution in [0.1, 0.15) is 21.5 Å². The summed E-state index contributed by atoms with van der Waals surface area (Å²) < 4.78 is 15.5. The van der Waals surface area contributed by atoms with Crippen LogP contribution in [0.3, 0.4) is 0 Å². The number of rotatable bonds is 5. The molecule has 0 saturated carbocycles. The molecular formula is C18H17NO5. The Balaban J connectivity index is 1.47. The second-order valence-electron chi connectivity index (χ2n) is 5.41. The van der Waals surface area contributed by atoms with E-state index in [2.05, 4.69) is 5.32 Å². The number of hydrogen-bond donors (Lipinski definition) is 1. The summed E-state index contributed by atoms with van der Waals surface area (Å²) in [5.41, 5.74) is 2.26. The summed E-state index contributed by atoms with van der Waals surface area (Å²) in [6.07, 6.45) is 0. The van der Waals surface area contributed by atoms with Crippen molar-refractivity contribution >= 4 is 11.9 Å². The lowest BCUT2D eigenvalue weighted by molar-refractivity contribution is -0.124. The Bertz CT molecular complexity index is 772. The zero-order valence-electron chi connectivity index (χ0n) is 13.2. The molecule has 24 heavy (non-hydrogen) atoms. The molecule has 0 spiro atoms. The molecule has 0 radical (unpaired) electrons. The van der Waals surface area contributed by atoms with Crippen LogP contribution >= 0.6 is 0 Å². The van der Waals surface area contributed by atoms with Gasteiger partial charge in [0.2, 0.25) is 6.79 Å². The van der Waals surface area contributed by atoms with E-state index in [-0.39, 0.29) is 19.3 Å². The first-order chi connectivity index (χ1) is 11.6. The number of aryl methyl sites for hydroxylation is 1. The maximum absolute atomic E-state index is 11.9. The first-order valence-corrected chi connectivity index (χ1v) is 7.51. The zero-order chi connectivity index (χ0) is 16.9. The highest BCUT2D eigenvalue weighted by molar-refractivity contribution is 5.91. The standard InChI is InChI=1S/C18H17NO5/c1-12-3-2-4-14(7-12)18(21)22-10-17(20)19-9-13-5-6-15-16(8-13)24-11-23-15/h2-8H,9-11H2,1H3,(H,19,20). The van der Waals surface area contributed by atoms with Gasteiger partial charge in [-0.3, -0.25) is 4.79 Å². The fourth-order valence-corrected chi connectivity index (χ4v) is 2.29. The number of fused-ring (bicyclic) bond motifs is 1. The molecule has 2 aromatic rings. The molecule has 0 aliphatic carbocycles. The van der Waals surface area contributed by atoms with Gasteiger partial charge in [0, 0.05) is 6.54 Å². The summed E-state index contributed by atoms with van der Waals surface area (Å²) >= 11 is 0. The van der Waals surface area contributed by atoms with Gasteiger partial charge < -0.3 is 19.5 Å². The first-order valence-electron chi connectivity index (χ1n) is 7.51. The minimum atomic E-state index is -0.517. The molecule has 1 aliphatic heterocycles. The quantitative estimate of drug-likeness (QED) is 0.852. The Morgan fingerprint density at radius 1 is 1.12 bits per heavy atom. The summed E-state index contributed by atoms with van der Waals surface area (Å²) in [5, 5.41) is 2.70. The number of hydrogen-bond acceptors (Lipinski definition) is 5. The molecule has 0 fully saturated rings. The molecular weight excluding hydrogens is 310 g/mol. The van der Waals surface area contributed by atoms with Crippen LogP contribution in [0, 0.1) is 6.92 Å². The minimum absolute atomic E-state index is 0.208. The van der Waals surface area contributed by atoms with Gasteiger partial charge in [0.1, 0.15) is 0 Å². The van der Waals surface area contributed by atoms with Crippen LogP contribution < -0.4 is 14.8 Å². The highest BCUT2D eigenvalue weighted by Gasteiger charge is 2.14. The number of ether oxygens (including phenoxy) is 3. The first kappa shape index (κ1) is 15.9. The van der Waals surface area contributed by atoms with Gasteiger partial charge in [0.15, 0.2) is 18.1 Å². The monoisotopic (exact) mass is 327 g/mol. The third kappa shape index (κ3) is 3.84. The Labute approximate surface area is 139 Å². The molecule has 0 bridgehead atoms. The lowest BCUT2D eigenvalue weighted by Crippen LogP contribution is -2.28. The molecule has 1 amide bonds. The third-order valence-electron chi connectivity index (χ3n) is 3.51. The average Bonchev–Trinajstić information content (AvgIpc) is 3.05. The van der Waals surface area contributed by atoms with Gasteiger partial charge in [0.05, 0.1) is 5.56 Å². The lowest BCUT2D eigenvalue weighted by atomic mass is 10.1. The Hall–Kier alpha value is -3.02. The van der Waals surface area contributed by atoms with Crippen molar-refractivity contribution < 1.29 is 23.8 Å². The van der Waals surface area contributed by atoms with E-state index < -0.39 is 5.97 Å². The van der Waals surface area contributed by atoms with Crippen molar-refractivity contribution in [2.75, 3.05) is 13.4 Å². The van der Waals surface area contributed by atoms with Gasteiger partial charge in [-0.1, -0.05) is 23.8 Å². The van der Waals surface area contributed by atoms with Crippen molar-refractivity contribution in [3.8, 4) is 11.5 Å². The van der Waals surface area contributed by atoms with Gasteiger partial charge in [-0.2, -0.15) is 0 Å². The fourth-order valence-electron chi connectivity index (χ4n) is 2.29. The maximum atomic E-state index is 11.9. The Morgan fingerprint density at radius 3 is 2.79 bits per heavy atom. The fraction of sp³-hybridized carbons (Fsp3) is 0.222. The number of nitrogens with one attached hydrogen (secondary N) is 1. The lowest BCUT2D eigenvalue weighted by Gasteiger charge is -2.07. The van der Waals surface area contributed by atoms with Gasteiger partial charge in [-0.25, -0.2) is 4.79 Å². The predicted octanol–water partition coefficient (Wildman–Crippen LogP) is 2.20. The van der Waals surface area contributed by atoms with E-state index in [1.807, 2.05) is 19.1 Å². The summed E-state index contributed by atoms with van der Waals surface area (Å²) in [6.45, 7) is 2.09. The average molecular weight is 327 g/mol. The van der Waals surface area contributed by atoms with Crippen molar-refractivity contribution in [3.05, 3.63) is 59.2 Å². The zero-order valence-corrected chi connectivity index (χ0v) is 13.2. The van der Waals surface area contributed by atoms with Crippen LogP contribution in [0.25, 0.3) is 0 Å². The number of benzene rings is 2. The van der Waals surface area contributed by atoms with E-state index in [0.29, 0.717) is 23.6 Å². The molecule has 0 atom stereocenters. The highest BCUT2D eigenvalue weighted by atomic mass is 16.7. The van der Waals surface area contributed by atoms with Crippen LogP contribution in [0.5, 0.6) is 11.5 Å². The molecule has 0 aromatic heterocycles. The van der Waals surface area contributed by atoms with Crippen molar-refractivity contribution in [3.63, 3.8) is 0 Å². The predicted molar refractivity (Wildman–Crippen MR) is 85.9 cm³/mol. The molecule has 2 aromatic carbocycles. The van der Waals surface area contributed by atoms with E-state index in [0.717, 1.165) is 11.1 Å². The van der Waals surface area contributed by atoms with Crippen LogP contribution in [-0.4, -0.2) is 25.3 Å². The van der Waals surface area contributed by atoms with Gasteiger partial charge in [0.25, 0.3) is 5.91 Å². The number of amides is 1. The van der Waals surface area contributed by atoms with E-state index in [9.17, 15) is 9.59 Å². The molecule has 0 unspecified atom stereocenters. The minimum Gasteiger partial charge on any atom is -0.454 e. The van der Waals surface area contributed by atoms with E-state index >= 15 is 0 Å². The van der Waals surface area contributed by atoms with Crippen LogP contribution in [0.4, 0.5) is 0 Å². The number of esters is 1. The normalized spacial score (nSPS) is 11.9. The van der Waals surface area contributed by atoms with Crippen molar-refractivity contribution in [1.82, 2.24) is 5.32 Å². The number of carbonyl (C=O) groups is 2. The molecule has 6 nitrogen and oxygen atoms in total. The highest BCUT2D eigenvalue weighted by Crippen LogP contribution is 2.32. The molecule has 3 rings (SSSR count). The van der Waals surface area contributed by atoms with Crippen LogP contribution in [0.2, 0.25) is 0 Å². The van der Waals surface area contributed by atoms with Crippen molar-refractivity contribution in [2.45, 2.75) is 13.5 Å². The summed E-state index contributed by atoms with van der Waals surface area (Å²) in [7, 11) is 0. The maximum Gasteiger partial charge on any atom is 0.338 e. The van der Waals surface area contributed by atoms with Crippen LogP contribution in [-0.2, 0) is 16.1 Å². The second-order valence-corrected chi connectivity index (χ2v) is 5.41. The Kier molecular flexibility index (Phi) is 4.65. The van der Waals surface area contributed by atoms with E-state index in [1.165, 1.54) is 0 Å². The molecule has 6 heteroatoms. The van der Waals surface area contributed by atoms with Crippen LogP contribution in [0.15, 0.2) is 42.5 Å². The van der Waals surface area contributed by atoms with Crippen molar-refractivity contribution in [1.29, 1.82) is 0 Å². The number of carbonyl (C=O) groups excluding carboxylic acids is 2. The summed E-state index contributed by atoms with van der Waals surface area (Å²) in [6, 6.07) is 12.5. The SMILES string of the molecule is Cc1cccc(C(=O)OCC(=O)NCc2ccc3c(c2)OCO3)c1. The second kappa shape index (κ2) is 7.04. The molecule has 1 aliphatic rings.